The van der Waals surface area contributed by atoms with Crippen molar-refractivity contribution in [2.45, 2.75) is 0 Å². The predicted octanol–water partition coefficient (Wildman–Crippen LogP) is 19.5. The van der Waals surface area contributed by atoms with Crippen molar-refractivity contribution in [3.05, 3.63) is 304 Å². The third-order valence-corrected chi connectivity index (χ3v) is 16.9. The summed E-state index contributed by atoms with van der Waals surface area (Å²) in [6.45, 7) is 0. The Balaban J connectivity index is 0.000000138. The minimum absolute atomic E-state index is 0.626. The zero-order valence-corrected chi connectivity index (χ0v) is 46.4. The fourth-order valence-electron chi connectivity index (χ4n) is 13.3. The van der Waals surface area contributed by atoms with E-state index in [1.807, 2.05) is 36.7 Å². The first kappa shape index (κ1) is 48.9. The standard InChI is InChI=1S/C43H27N5.C35H23N3/c1-3-13-28(14-4-1)41-32-17-7-9-20-35(32)45-43(46-41)48-37-25-24-29(27-34(37)42-39(48)23-12-26-44-42)31-19-11-22-38-40(31)33-18-8-10-21-36(33)47(38)30-15-5-2-6-16-30;1-3-12-25(13-4-1)37-32-20-10-8-17-29(32)34-27(18-11-21-33(34)37)24-22-30-28-16-7-9-19-31(28)38(35(30)36-23-24)26-14-5-2-6-15-26/h1-27H;1-23H. The monoisotopic (exact) mass is 1100 g/mol. The number of aromatic nitrogens is 8. The van der Waals surface area contributed by atoms with Crippen LogP contribution in [0.3, 0.4) is 0 Å². The normalized spacial score (nSPS) is 11.7. The van der Waals surface area contributed by atoms with Crippen LogP contribution in [-0.2, 0) is 0 Å². The van der Waals surface area contributed by atoms with Gasteiger partial charge in [0.15, 0.2) is 0 Å². The van der Waals surface area contributed by atoms with Crippen LogP contribution < -0.4 is 0 Å². The zero-order valence-electron chi connectivity index (χ0n) is 46.4. The molecular formula is C78H50N8. The molecule has 0 spiro atoms. The van der Waals surface area contributed by atoms with Crippen molar-refractivity contribution in [1.82, 2.24) is 38.2 Å². The number of fused-ring (bicyclic) bond motifs is 13. The van der Waals surface area contributed by atoms with Gasteiger partial charge in [0.2, 0.25) is 5.95 Å². The van der Waals surface area contributed by atoms with E-state index in [-0.39, 0.29) is 0 Å². The molecule has 0 N–H and O–H groups in total. The fourth-order valence-corrected chi connectivity index (χ4v) is 13.3. The summed E-state index contributed by atoms with van der Waals surface area (Å²) in [5, 5.41) is 9.41. The van der Waals surface area contributed by atoms with E-state index in [0.29, 0.717) is 5.95 Å². The van der Waals surface area contributed by atoms with E-state index in [1.54, 1.807) is 0 Å². The van der Waals surface area contributed by atoms with Crippen molar-refractivity contribution in [2.75, 3.05) is 0 Å². The summed E-state index contributed by atoms with van der Waals surface area (Å²) in [4.78, 5) is 20.3. The molecule has 8 nitrogen and oxygen atoms in total. The Labute approximate surface area is 494 Å². The third-order valence-electron chi connectivity index (χ3n) is 16.9. The lowest BCUT2D eigenvalue weighted by molar-refractivity contribution is 1.01. The predicted molar refractivity (Wildman–Crippen MR) is 355 cm³/mol. The van der Waals surface area contributed by atoms with E-state index in [0.717, 1.165) is 88.8 Å². The maximum Gasteiger partial charge on any atom is 0.235 e. The number of benzene rings is 11. The topological polar surface area (TPSA) is 71.3 Å². The van der Waals surface area contributed by atoms with Crippen molar-refractivity contribution in [3.63, 3.8) is 0 Å². The number of pyridine rings is 2. The molecule has 0 radical (unpaired) electrons. The molecular weight excluding hydrogens is 1050 g/mol. The van der Waals surface area contributed by atoms with Gasteiger partial charge in [-0.1, -0.05) is 188 Å². The highest BCUT2D eigenvalue weighted by Crippen LogP contribution is 2.43. The minimum atomic E-state index is 0.626. The second-order valence-corrected chi connectivity index (χ2v) is 21.8. The van der Waals surface area contributed by atoms with Gasteiger partial charge in [0, 0.05) is 83.7 Å². The van der Waals surface area contributed by atoms with Gasteiger partial charge in [-0.05, 0) is 120 Å². The second kappa shape index (κ2) is 20.0. The maximum absolute atomic E-state index is 5.22. The van der Waals surface area contributed by atoms with Crippen LogP contribution in [0.25, 0.3) is 155 Å². The van der Waals surface area contributed by atoms with E-state index >= 15 is 0 Å². The molecule has 7 aromatic heterocycles. The summed E-state index contributed by atoms with van der Waals surface area (Å²) in [5.41, 5.74) is 20.7. The van der Waals surface area contributed by atoms with Gasteiger partial charge in [-0.2, -0.15) is 0 Å². The molecule has 402 valence electrons. The SMILES string of the molecule is c1ccc(-c2nc(-n3c4ccc(-c5cccc6c5c5ccccc5n6-c5ccccc5)cc4c4ncccc43)nc3ccccc23)cc1.c1ccc(-n2c3ccccc3c3c(-c4cnc5c(c4)c4ccccc4n5-c4ccccc4)cccc32)cc1. The van der Waals surface area contributed by atoms with Crippen LogP contribution in [0, 0.1) is 0 Å². The van der Waals surface area contributed by atoms with Crippen molar-refractivity contribution < 1.29 is 0 Å². The molecule has 0 aliphatic rings. The van der Waals surface area contributed by atoms with Gasteiger partial charge in [-0.15, -0.1) is 0 Å². The summed E-state index contributed by atoms with van der Waals surface area (Å²) in [6, 6.07) is 103. The van der Waals surface area contributed by atoms with Gasteiger partial charge in [0.25, 0.3) is 0 Å². The summed E-state index contributed by atoms with van der Waals surface area (Å²) in [5.74, 6) is 0.626. The van der Waals surface area contributed by atoms with Crippen LogP contribution >= 0.6 is 0 Å². The van der Waals surface area contributed by atoms with Gasteiger partial charge in [-0.25, -0.2) is 15.0 Å². The van der Waals surface area contributed by atoms with Crippen LogP contribution in [0.2, 0.25) is 0 Å². The molecule has 11 aromatic carbocycles. The first-order chi connectivity index (χ1) is 42.7. The van der Waals surface area contributed by atoms with Gasteiger partial charge in [0.05, 0.1) is 55.3 Å². The van der Waals surface area contributed by atoms with Crippen LogP contribution in [0.4, 0.5) is 0 Å². The lowest BCUT2D eigenvalue weighted by Crippen LogP contribution is -2.03. The van der Waals surface area contributed by atoms with Gasteiger partial charge >= 0.3 is 0 Å². The average Bonchev–Trinajstić information content (AvgIpc) is 2.90. The third kappa shape index (κ3) is 7.77. The molecule has 7 heterocycles. The van der Waals surface area contributed by atoms with Crippen molar-refractivity contribution in [1.29, 1.82) is 0 Å². The second-order valence-electron chi connectivity index (χ2n) is 21.8. The molecule has 0 saturated heterocycles. The molecule has 18 rings (SSSR count). The largest absolute Gasteiger partial charge is 0.309 e. The van der Waals surface area contributed by atoms with Crippen LogP contribution in [-0.4, -0.2) is 38.2 Å². The number of para-hydroxylation sites is 7. The lowest BCUT2D eigenvalue weighted by Gasteiger charge is -2.12. The molecule has 0 bridgehead atoms. The summed E-state index contributed by atoms with van der Waals surface area (Å²) in [7, 11) is 0. The van der Waals surface area contributed by atoms with Crippen LogP contribution in [0.5, 0.6) is 0 Å². The average molecular weight is 1100 g/mol. The molecule has 0 fully saturated rings. The van der Waals surface area contributed by atoms with E-state index < -0.39 is 0 Å². The van der Waals surface area contributed by atoms with E-state index in [4.69, 9.17) is 19.9 Å². The zero-order chi connectivity index (χ0) is 56.7. The highest BCUT2D eigenvalue weighted by atomic mass is 15.2. The Hall–Kier alpha value is -11.7. The van der Waals surface area contributed by atoms with E-state index in [1.165, 1.54) is 60.1 Å². The highest BCUT2D eigenvalue weighted by molar-refractivity contribution is 6.19. The molecule has 0 saturated carbocycles. The van der Waals surface area contributed by atoms with E-state index in [9.17, 15) is 0 Å². The van der Waals surface area contributed by atoms with E-state index in [2.05, 4.69) is 285 Å². The number of rotatable bonds is 7. The van der Waals surface area contributed by atoms with Crippen molar-refractivity contribution >= 4 is 98.4 Å². The summed E-state index contributed by atoms with van der Waals surface area (Å²) >= 11 is 0. The minimum Gasteiger partial charge on any atom is -0.309 e. The molecule has 86 heavy (non-hydrogen) atoms. The molecule has 0 aliphatic heterocycles. The number of hydrogen-bond donors (Lipinski definition) is 0. The number of nitrogens with zero attached hydrogens (tertiary/aromatic N) is 8. The van der Waals surface area contributed by atoms with Gasteiger partial charge in [-0.3, -0.25) is 14.1 Å². The molecule has 8 heteroatoms. The fraction of sp³-hybridized carbons (Fsp3) is 0. The molecule has 18 aromatic rings. The quantitative estimate of drug-likeness (QED) is 0.159. The maximum atomic E-state index is 5.22. The first-order valence-electron chi connectivity index (χ1n) is 29.0. The molecule has 0 amide bonds. The molecule has 0 unspecified atom stereocenters. The van der Waals surface area contributed by atoms with Gasteiger partial charge in [0.1, 0.15) is 5.65 Å². The summed E-state index contributed by atoms with van der Waals surface area (Å²) < 4.78 is 9.14. The smallest absolute Gasteiger partial charge is 0.235 e. The van der Waals surface area contributed by atoms with Crippen molar-refractivity contribution in [2.24, 2.45) is 0 Å². The van der Waals surface area contributed by atoms with Crippen LogP contribution in [0.15, 0.2) is 304 Å². The Morgan fingerprint density at radius 3 is 1.37 bits per heavy atom. The summed E-state index contributed by atoms with van der Waals surface area (Å²) in [6.07, 6.45) is 3.90. The Morgan fingerprint density at radius 1 is 0.267 bits per heavy atom. The van der Waals surface area contributed by atoms with Crippen LogP contribution in [0.1, 0.15) is 0 Å². The molecule has 0 aliphatic carbocycles. The van der Waals surface area contributed by atoms with Gasteiger partial charge < -0.3 is 9.13 Å². The van der Waals surface area contributed by atoms with Crippen molar-refractivity contribution in [3.8, 4) is 56.5 Å². The molecule has 0 atom stereocenters. The highest BCUT2D eigenvalue weighted by Gasteiger charge is 2.22. The Bertz CT molecular complexity index is 5640. The first-order valence-corrected chi connectivity index (χ1v) is 29.0. The lowest BCUT2D eigenvalue weighted by atomic mass is 9.98. The Kier molecular flexibility index (Phi) is 11.4. The Morgan fingerprint density at radius 2 is 0.744 bits per heavy atom. The number of hydrogen-bond acceptors (Lipinski definition) is 4.